The van der Waals surface area contributed by atoms with Crippen molar-refractivity contribution in [1.82, 2.24) is 34.2 Å². The van der Waals surface area contributed by atoms with Crippen LogP contribution in [0, 0.1) is 3.57 Å². The fraction of sp³-hybridized carbons (Fsp3) is 0.583. The van der Waals surface area contributed by atoms with Gasteiger partial charge in [0.2, 0.25) is 5.88 Å². The molecule has 5 rings (SSSR count). The fourth-order valence-electron chi connectivity index (χ4n) is 6.07. The maximum absolute atomic E-state index is 6.62. The molecule has 0 spiro atoms. The second-order valence-electron chi connectivity index (χ2n) is 14.7. The molecule has 0 bridgehead atoms. The zero-order valence-electron chi connectivity index (χ0n) is 30.8. The van der Waals surface area contributed by atoms with Crippen molar-refractivity contribution in [2.75, 3.05) is 33.9 Å². The molecule has 0 N–H and O–H groups in total. The molecular weight excluding hydrogens is 749 g/mol. The minimum absolute atomic E-state index is 0.0463. The van der Waals surface area contributed by atoms with Crippen LogP contribution in [0.5, 0.6) is 5.88 Å². The maximum Gasteiger partial charge on any atom is 0.219 e. The Morgan fingerprint density at radius 2 is 2.00 bits per heavy atom. The summed E-state index contributed by atoms with van der Waals surface area (Å²) in [7, 11) is 3.90. The summed E-state index contributed by atoms with van der Waals surface area (Å²) in [6.07, 6.45) is 6.74. The van der Waals surface area contributed by atoms with E-state index >= 15 is 0 Å². The van der Waals surface area contributed by atoms with Crippen LogP contribution in [-0.4, -0.2) is 82.6 Å². The van der Waals surface area contributed by atoms with Gasteiger partial charge < -0.3 is 18.6 Å². The van der Waals surface area contributed by atoms with Gasteiger partial charge in [-0.2, -0.15) is 15.3 Å². The number of likely N-dealkylation sites (N-methyl/N-ethyl adjacent to an activating group) is 1. The van der Waals surface area contributed by atoms with Crippen LogP contribution in [0.25, 0.3) is 28.1 Å². The van der Waals surface area contributed by atoms with Crippen molar-refractivity contribution in [3.63, 3.8) is 0 Å². The van der Waals surface area contributed by atoms with E-state index in [2.05, 4.69) is 110 Å². The fourth-order valence-corrected chi connectivity index (χ4v) is 7.82. The minimum Gasteiger partial charge on any atom is -0.473 e. The Bertz CT molecular complexity index is 1730. The number of fused-ring (bicyclic) bond motifs is 1. The molecule has 0 saturated carbocycles. The summed E-state index contributed by atoms with van der Waals surface area (Å²) in [5.41, 5.74) is 5.97. The Hall–Kier alpha value is -2.56. The van der Waals surface area contributed by atoms with E-state index in [9.17, 15) is 0 Å². The Labute approximate surface area is 306 Å². The molecule has 2 unspecified atom stereocenters. The maximum atomic E-state index is 6.62. The molecule has 1 aliphatic rings. The summed E-state index contributed by atoms with van der Waals surface area (Å²) >= 11 is 2.41. The molecule has 13 heteroatoms. The van der Waals surface area contributed by atoms with E-state index in [1.165, 1.54) is 0 Å². The molecule has 4 aromatic rings. The van der Waals surface area contributed by atoms with Crippen LogP contribution in [-0.2, 0) is 40.6 Å². The molecule has 1 aliphatic heterocycles. The van der Waals surface area contributed by atoms with E-state index < -0.39 is 8.32 Å². The first-order valence-electron chi connectivity index (χ1n) is 17.2. The SMILES string of the molecule is C=Cc1nn(C2CCCCO2)c2ccc(-c3cnn(C)c3OC(C)CN(C)Cc3c(I)c(COC)nn3CCO[Si](C)(C)C(C)(C)C)cc12. The van der Waals surface area contributed by atoms with Gasteiger partial charge in [-0.1, -0.05) is 33.4 Å². The quantitative estimate of drug-likeness (QED) is 0.0895. The number of aryl methyl sites for hydroxylation is 1. The zero-order valence-corrected chi connectivity index (χ0v) is 33.9. The van der Waals surface area contributed by atoms with Gasteiger partial charge in [-0.05, 0) is 97.7 Å². The van der Waals surface area contributed by atoms with E-state index in [1.807, 2.05) is 24.0 Å². The van der Waals surface area contributed by atoms with E-state index in [1.54, 1.807) is 11.8 Å². The number of rotatable bonds is 15. The number of ether oxygens (including phenoxy) is 3. The highest BCUT2D eigenvalue weighted by Gasteiger charge is 2.37. The van der Waals surface area contributed by atoms with Gasteiger partial charge in [0.05, 0.1) is 52.0 Å². The first-order chi connectivity index (χ1) is 23.2. The van der Waals surface area contributed by atoms with Gasteiger partial charge in [0.15, 0.2) is 14.5 Å². The van der Waals surface area contributed by atoms with Crippen LogP contribution in [0.3, 0.4) is 0 Å². The highest BCUT2D eigenvalue weighted by molar-refractivity contribution is 14.1. The summed E-state index contributed by atoms with van der Waals surface area (Å²) in [5, 5.41) is 15.6. The smallest absolute Gasteiger partial charge is 0.219 e. The Morgan fingerprint density at radius 1 is 1.22 bits per heavy atom. The van der Waals surface area contributed by atoms with Gasteiger partial charge >= 0.3 is 0 Å². The summed E-state index contributed by atoms with van der Waals surface area (Å²) in [6, 6.07) is 6.40. The highest BCUT2D eigenvalue weighted by atomic mass is 127. The lowest BCUT2D eigenvalue weighted by Gasteiger charge is -2.36. The third kappa shape index (κ3) is 8.50. The van der Waals surface area contributed by atoms with Crippen molar-refractivity contribution in [1.29, 1.82) is 0 Å². The lowest BCUT2D eigenvalue weighted by atomic mass is 10.1. The van der Waals surface area contributed by atoms with Gasteiger partial charge in [-0.25, -0.2) is 9.36 Å². The number of hydrogen-bond donors (Lipinski definition) is 0. The minimum atomic E-state index is -1.86. The Balaban J connectivity index is 1.29. The predicted octanol–water partition coefficient (Wildman–Crippen LogP) is 7.65. The second kappa shape index (κ2) is 15.8. The molecule has 1 fully saturated rings. The van der Waals surface area contributed by atoms with Gasteiger partial charge in [-0.15, -0.1) is 0 Å². The van der Waals surface area contributed by atoms with Crippen molar-refractivity contribution < 1.29 is 18.6 Å². The number of nitrogens with zero attached hydrogens (tertiary/aromatic N) is 7. The predicted molar refractivity (Wildman–Crippen MR) is 206 cm³/mol. The summed E-state index contributed by atoms with van der Waals surface area (Å²) in [4.78, 5) is 2.28. The average Bonchev–Trinajstić information content (AvgIpc) is 3.70. The van der Waals surface area contributed by atoms with Crippen LogP contribution in [0.4, 0.5) is 0 Å². The van der Waals surface area contributed by atoms with E-state index in [0.717, 1.165) is 81.0 Å². The van der Waals surface area contributed by atoms with E-state index in [4.69, 9.17) is 28.8 Å². The average molecular weight is 804 g/mol. The number of benzene rings is 1. The first kappa shape index (κ1) is 37.7. The van der Waals surface area contributed by atoms with Crippen LogP contribution in [0.15, 0.2) is 31.0 Å². The van der Waals surface area contributed by atoms with Gasteiger partial charge in [0.1, 0.15) is 11.8 Å². The normalized spacial score (nSPS) is 16.5. The number of hydrogen-bond acceptors (Lipinski definition) is 8. The molecular formula is C36H54IN7O4Si. The topological polar surface area (TPSA) is 93.6 Å². The Morgan fingerprint density at radius 3 is 2.67 bits per heavy atom. The number of methoxy groups -OCH3 is 1. The van der Waals surface area contributed by atoms with Gasteiger partial charge in [0, 0.05) is 39.2 Å². The highest BCUT2D eigenvalue weighted by Crippen LogP contribution is 2.37. The van der Waals surface area contributed by atoms with Crippen LogP contribution >= 0.6 is 22.6 Å². The lowest BCUT2D eigenvalue weighted by molar-refractivity contribution is -0.0367. The van der Waals surface area contributed by atoms with Crippen molar-refractivity contribution >= 4 is 47.9 Å². The lowest BCUT2D eigenvalue weighted by Crippen LogP contribution is -2.41. The molecule has 11 nitrogen and oxygen atoms in total. The van der Waals surface area contributed by atoms with Crippen molar-refractivity contribution in [3.8, 4) is 17.0 Å². The van der Waals surface area contributed by atoms with Gasteiger partial charge in [0.25, 0.3) is 0 Å². The summed E-state index contributed by atoms with van der Waals surface area (Å²) < 4.78 is 31.7. The zero-order chi connectivity index (χ0) is 35.5. The molecule has 268 valence electrons. The van der Waals surface area contributed by atoms with Crippen molar-refractivity contribution in [2.45, 2.75) is 97.1 Å². The molecule has 3 aromatic heterocycles. The van der Waals surface area contributed by atoms with Gasteiger partial charge in [-0.3, -0.25) is 9.58 Å². The van der Waals surface area contributed by atoms with Crippen LogP contribution in [0.2, 0.25) is 18.1 Å². The van der Waals surface area contributed by atoms with Crippen molar-refractivity contribution in [2.24, 2.45) is 7.05 Å². The molecule has 2 atom stereocenters. The number of halogens is 1. The van der Waals surface area contributed by atoms with Crippen LogP contribution in [0.1, 0.15) is 70.3 Å². The third-order valence-electron chi connectivity index (χ3n) is 9.77. The third-order valence-corrected chi connectivity index (χ3v) is 15.5. The largest absolute Gasteiger partial charge is 0.473 e. The standard InChI is InChI=1S/C36H54IN7O4Si/c1-11-29-27-20-26(15-16-31(27)44(40-29)33-14-12-13-18-46-33)28-21-38-42(7)35(28)48-25(2)22-41(6)23-32-34(37)30(24-45-8)39-43(32)17-19-47-49(9,10)36(3,4)5/h11,15-16,20-21,25,33H,1,12-14,17-19,22-24H2,2-10H3. The van der Waals surface area contributed by atoms with Crippen LogP contribution < -0.4 is 4.74 Å². The summed E-state index contributed by atoms with van der Waals surface area (Å²) in [5.74, 6) is 0.730. The molecule has 1 saturated heterocycles. The number of aromatic nitrogens is 6. The molecule has 0 amide bonds. The Kier molecular flexibility index (Phi) is 12.1. The molecule has 0 aliphatic carbocycles. The summed E-state index contributed by atoms with van der Waals surface area (Å²) in [6.45, 7) is 21.5. The first-order valence-corrected chi connectivity index (χ1v) is 21.2. The molecule has 1 aromatic carbocycles. The second-order valence-corrected chi connectivity index (χ2v) is 20.6. The van der Waals surface area contributed by atoms with E-state index in [0.29, 0.717) is 26.3 Å². The molecule has 0 radical (unpaired) electrons. The molecule has 4 heterocycles. The molecule has 49 heavy (non-hydrogen) atoms. The van der Waals surface area contributed by atoms with Crippen molar-refractivity contribution in [3.05, 3.63) is 51.6 Å². The van der Waals surface area contributed by atoms with E-state index in [-0.39, 0.29) is 17.4 Å². The monoisotopic (exact) mass is 803 g/mol.